The molecular weight excluding hydrogens is 671 g/mol. The van der Waals surface area contributed by atoms with Gasteiger partial charge in [0.2, 0.25) is 24.4 Å². The van der Waals surface area contributed by atoms with E-state index in [0.717, 1.165) is 27.9 Å². The number of hydrogen-bond donors (Lipinski definition) is 4. The molecular formula is C21H18FN8O8PS4. The number of pyridine rings is 1. The van der Waals surface area contributed by atoms with Gasteiger partial charge in [-0.3, -0.25) is 19.1 Å². The SMILES string of the molecule is C[n+]1ccc(-c2csc(SC3=C(C(=O)O)N4C(=O)[C@@H](NC(=O)/C(=N\OCF)c5nsc(NP(=O)([O-])O)n5)C4SC3)n2)cc1. The Labute approximate surface area is 257 Å². The van der Waals surface area contributed by atoms with Gasteiger partial charge in [0.1, 0.15) is 24.2 Å². The number of carboxylic acid groups (broad SMARTS) is 1. The van der Waals surface area contributed by atoms with Crippen LogP contribution in [-0.4, -0.2) is 76.8 Å². The number of oxime groups is 1. The summed E-state index contributed by atoms with van der Waals surface area (Å²) < 4.78 is 29.9. The number of β-lactam (4-membered cyclic amide) rings is 1. The number of alkyl halides is 1. The number of thiazole rings is 1. The van der Waals surface area contributed by atoms with Crippen LogP contribution in [0, 0.1) is 0 Å². The lowest BCUT2D eigenvalue weighted by Crippen LogP contribution is -2.71. The van der Waals surface area contributed by atoms with E-state index in [4.69, 9.17) is 4.89 Å². The van der Waals surface area contributed by atoms with Crippen LogP contribution in [0.3, 0.4) is 0 Å². The number of hydrogen-bond acceptors (Lipinski definition) is 14. The number of nitrogens with zero attached hydrogens (tertiary/aromatic N) is 6. The molecule has 2 amide bonds. The number of halogens is 1. The monoisotopic (exact) mass is 688 g/mol. The summed E-state index contributed by atoms with van der Waals surface area (Å²) in [6, 6.07) is 2.62. The minimum atomic E-state index is -4.98. The van der Waals surface area contributed by atoms with Gasteiger partial charge in [-0.05, 0) is 0 Å². The van der Waals surface area contributed by atoms with Gasteiger partial charge in [-0.1, -0.05) is 16.9 Å². The molecule has 3 aromatic heterocycles. The van der Waals surface area contributed by atoms with Gasteiger partial charge in [0.05, 0.1) is 5.69 Å². The van der Waals surface area contributed by atoms with Gasteiger partial charge in [0.25, 0.3) is 18.7 Å². The molecule has 1 fully saturated rings. The number of carbonyl (C=O) groups excluding carboxylic acids is 2. The maximum atomic E-state index is 13.1. The molecule has 0 aliphatic carbocycles. The highest BCUT2D eigenvalue weighted by atomic mass is 32.2. The molecule has 0 bridgehead atoms. The second-order valence-electron chi connectivity index (χ2n) is 8.52. The lowest BCUT2D eigenvalue weighted by atomic mass is 10.0. The third-order valence-electron chi connectivity index (χ3n) is 5.68. The van der Waals surface area contributed by atoms with Gasteiger partial charge in [-0.2, -0.15) is 9.36 Å². The van der Waals surface area contributed by atoms with Crippen LogP contribution >= 0.6 is 54.1 Å². The highest BCUT2D eigenvalue weighted by Gasteiger charge is 2.54. The van der Waals surface area contributed by atoms with E-state index < -0.39 is 60.5 Å². The molecule has 3 aromatic rings. The van der Waals surface area contributed by atoms with E-state index in [1.807, 2.05) is 41.5 Å². The normalized spacial score (nSPS) is 19.8. The molecule has 2 aliphatic rings. The van der Waals surface area contributed by atoms with Crippen molar-refractivity contribution >= 4 is 82.8 Å². The number of aryl methyl sites for hydroxylation is 1. The van der Waals surface area contributed by atoms with E-state index in [1.54, 1.807) is 5.09 Å². The Morgan fingerprint density at radius 2 is 2.12 bits per heavy atom. The maximum absolute atomic E-state index is 13.1. The summed E-state index contributed by atoms with van der Waals surface area (Å²) in [5.41, 5.74) is 0.692. The highest BCUT2D eigenvalue weighted by Crippen LogP contribution is 2.46. The summed E-state index contributed by atoms with van der Waals surface area (Å²) in [6.45, 7) is -1.43. The minimum absolute atomic E-state index is 0.203. The molecule has 0 saturated carbocycles. The predicted octanol–water partition coefficient (Wildman–Crippen LogP) is 0.495. The number of fused-ring (bicyclic) bond motifs is 1. The van der Waals surface area contributed by atoms with E-state index in [2.05, 4.69) is 29.7 Å². The number of aromatic nitrogens is 4. The lowest BCUT2D eigenvalue weighted by molar-refractivity contribution is -0.671. The van der Waals surface area contributed by atoms with Gasteiger partial charge in [-0.15, -0.1) is 23.1 Å². The standard InChI is InChI=1S/C21H18FN8O8PS4/c1-29-4-2-9(3-5-29)10-6-41-21(23-10)42-11-7-40-18-13(17(32)30(18)14(11)19(33)34)24-16(31)12(26-38-8-22)15-25-20(43-28-15)27-39(35,36)37/h2-6,13,18H,7-8H2,1H3,(H4-,24,25,27,28,31,33,34,35,36,37)/b26-12-/t13-,18?/m1/s1. The summed E-state index contributed by atoms with van der Waals surface area (Å²) >= 11 is 4.13. The first-order valence-electron chi connectivity index (χ1n) is 11.7. The number of amides is 2. The van der Waals surface area contributed by atoms with Crippen LogP contribution in [-0.2, 0) is 30.8 Å². The summed E-state index contributed by atoms with van der Waals surface area (Å²) in [5, 5.41) is 18.0. The molecule has 226 valence electrons. The van der Waals surface area contributed by atoms with Crippen LogP contribution in [0.25, 0.3) is 11.3 Å². The van der Waals surface area contributed by atoms with Crippen LogP contribution in [0.15, 0.2) is 50.0 Å². The lowest BCUT2D eigenvalue weighted by Gasteiger charge is -2.49. The van der Waals surface area contributed by atoms with Gasteiger partial charge in [-0.25, -0.2) is 18.7 Å². The second-order valence-corrected chi connectivity index (χ2v) is 13.8. The van der Waals surface area contributed by atoms with Crippen LogP contribution in [0.2, 0.25) is 0 Å². The third kappa shape index (κ3) is 6.87. The number of rotatable bonds is 11. The van der Waals surface area contributed by atoms with Crippen molar-refractivity contribution in [3.63, 3.8) is 0 Å². The average molecular weight is 689 g/mol. The van der Waals surface area contributed by atoms with Gasteiger partial charge < -0.3 is 30.1 Å². The fourth-order valence-electron chi connectivity index (χ4n) is 3.85. The Morgan fingerprint density at radius 3 is 2.79 bits per heavy atom. The van der Waals surface area contributed by atoms with E-state index in [1.165, 1.54) is 23.1 Å². The Bertz CT molecular complexity index is 1690. The van der Waals surface area contributed by atoms with Crippen LogP contribution in [0.4, 0.5) is 9.52 Å². The average Bonchev–Trinajstić information content (AvgIpc) is 3.60. The van der Waals surface area contributed by atoms with Crippen LogP contribution in [0.5, 0.6) is 0 Å². The molecule has 0 aromatic carbocycles. The Balaban J connectivity index is 1.31. The van der Waals surface area contributed by atoms with Crippen molar-refractivity contribution < 1.29 is 47.6 Å². The summed E-state index contributed by atoms with van der Waals surface area (Å²) in [5.74, 6) is -3.40. The van der Waals surface area contributed by atoms with E-state index >= 15 is 0 Å². The first-order chi connectivity index (χ1) is 20.4. The molecule has 2 aliphatic heterocycles. The zero-order valence-electron chi connectivity index (χ0n) is 21.4. The van der Waals surface area contributed by atoms with Crippen molar-refractivity contribution in [2.75, 3.05) is 17.7 Å². The largest absolute Gasteiger partial charge is 0.762 e. The number of carboxylic acids is 1. The molecule has 16 nitrogen and oxygen atoms in total. The Kier molecular flexibility index (Phi) is 9.11. The summed E-state index contributed by atoms with van der Waals surface area (Å²) in [4.78, 5) is 72.4. The van der Waals surface area contributed by atoms with Gasteiger partial charge >= 0.3 is 5.97 Å². The maximum Gasteiger partial charge on any atom is 0.353 e. The van der Waals surface area contributed by atoms with Gasteiger partial charge in [0.15, 0.2) is 16.7 Å². The van der Waals surface area contributed by atoms with Crippen molar-refractivity contribution in [2.24, 2.45) is 12.2 Å². The first-order valence-corrected chi connectivity index (χ1v) is 16.8. The van der Waals surface area contributed by atoms with Crippen LogP contribution < -0.4 is 19.9 Å². The van der Waals surface area contributed by atoms with E-state index in [9.17, 15) is 33.3 Å². The molecule has 2 unspecified atom stereocenters. The number of nitrogens with one attached hydrogen (secondary N) is 2. The van der Waals surface area contributed by atoms with Crippen molar-refractivity contribution in [1.29, 1.82) is 0 Å². The van der Waals surface area contributed by atoms with Crippen molar-refractivity contribution in [2.45, 2.75) is 15.8 Å². The minimum Gasteiger partial charge on any atom is -0.762 e. The first kappa shape index (κ1) is 31.0. The molecule has 3 atom stereocenters. The number of anilines is 1. The second kappa shape index (κ2) is 12.6. The smallest absolute Gasteiger partial charge is 0.353 e. The quantitative estimate of drug-likeness (QED) is 0.0708. The zero-order chi connectivity index (χ0) is 30.9. The fraction of sp³-hybridized carbons (Fsp3) is 0.238. The summed E-state index contributed by atoms with van der Waals surface area (Å²) in [7, 11) is -3.09. The molecule has 0 radical (unpaired) electrons. The fourth-order valence-corrected chi connectivity index (χ4v) is 8.54. The predicted molar refractivity (Wildman–Crippen MR) is 151 cm³/mol. The molecule has 1 saturated heterocycles. The van der Waals surface area contributed by atoms with Gasteiger partial charge in [0, 0.05) is 45.3 Å². The topological polar surface area (TPSA) is 223 Å². The third-order valence-corrected chi connectivity index (χ3v) is 10.4. The molecule has 22 heteroatoms. The molecule has 5 rings (SSSR count). The van der Waals surface area contributed by atoms with E-state index in [-0.39, 0.29) is 11.4 Å². The van der Waals surface area contributed by atoms with E-state index in [0.29, 0.717) is 20.8 Å². The van der Waals surface area contributed by atoms with Crippen molar-refractivity contribution in [1.82, 2.24) is 24.6 Å². The highest BCUT2D eigenvalue weighted by molar-refractivity contribution is 8.07. The molecule has 4 N–H and O–H groups in total. The molecule has 5 heterocycles. The molecule has 43 heavy (non-hydrogen) atoms. The van der Waals surface area contributed by atoms with Crippen molar-refractivity contribution in [3.8, 4) is 11.3 Å². The summed E-state index contributed by atoms with van der Waals surface area (Å²) in [6.07, 6.45) is 3.76. The number of aliphatic carboxylic acids is 1. The Hall–Kier alpha value is -3.46. The number of thioether (sulfide) groups is 2. The Morgan fingerprint density at radius 1 is 1.37 bits per heavy atom. The molecule has 0 spiro atoms. The van der Waals surface area contributed by atoms with Crippen molar-refractivity contribution in [3.05, 3.63) is 46.3 Å². The zero-order valence-corrected chi connectivity index (χ0v) is 25.6. The van der Waals surface area contributed by atoms with Crippen LogP contribution in [0.1, 0.15) is 5.82 Å². The number of carbonyl (C=O) groups is 3.